The molecule has 1 aliphatic heterocycles. The van der Waals surface area contributed by atoms with Gasteiger partial charge in [-0.1, -0.05) is 3.89 Å². The summed E-state index contributed by atoms with van der Waals surface area (Å²) < 4.78 is 65.6. The Morgan fingerprint density at radius 2 is 2.07 bits per heavy atom. The largest absolute Gasteiger partial charge is 0.488 e. The van der Waals surface area contributed by atoms with Crippen molar-refractivity contribution in [2.75, 3.05) is 32.0 Å². The highest BCUT2D eigenvalue weighted by atomic mass is 32.3. The van der Waals surface area contributed by atoms with Gasteiger partial charge in [0.1, 0.15) is 5.52 Å². The smallest absolute Gasteiger partial charge is 0.388 e. The zero-order chi connectivity index (χ0) is 22.1. The van der Waals surface area contributed by atoms with Crippen LogP contribution in [0.3, 0.4) is 0 Å². The van der Waals surface area contributed by atoms with Crippen molar-refractivity contribution in [3.05, 3.63) is 30.0 Å². The maximum atomic E-state index is 13.2. The summed E-state index contributed by atoms with van der Waals surface area (Å²) in [5, 5.41) is 5.19. The average Bonchev–Trinajstić information content (AvgIpc) is 3.03. The minimum atomic E-state index is -5.35. The van der Waals surface area contributed by atoms with Crippen molar-refractivity contribution >= 4 is 38.9 Å². The van der Waals surface area contributed by atoms with Crippen LogP contribution in [0.25, 0.3) is 10.9 Å². The zero-order valence-corrected chi connectivity index (χ0v) is 16.4. The first-order chi connectivity index (χ1) is 14.0. The summed E-state index contributed by atoms with van der Waals surface area (Å²) in [5.74, 6) is -4.78. The number of carbonyl (C=O) groups is 2. The van der Waals surface area contributed by atoms with Crippen molar-refractivity contribution < 1.29 is 34.9 Å². The zero-order valence-electron chi connectivity index (χ0n) is 15.6. The quantitative estimate of drug-likeness (QED) is 0.645. The van der Waals surface area contributed by atoms with Crippen molar-refractivity contribution in [3.8, 4) is 5.75 Å². The fourth-order valence-corrected chi connectivity index (χ4v) is 3.39. The van der Waals surface area contributed by atoms with Crippen LogP contribution < -0.4 is 14.8 Å². The van der Waals surface area contributed by atoms with Gasteiger partial charge in [-0.25, -0.2) is 8.78 Å². The van der Waals surface area contributed by atoms with Crippen molar-refractivity contribution in [1.29, 1.82) is 0 Å². The molecule has 0 aliphatic carbocycles. The molecule has 0 spiro atoms. The lowest BCUT2D eigenvalue weighted by Gasteiger charge is -2.16. The molecule has 2 N–H and O–H groups in total. The minimum absolute atomic E-state index is 0.00208. The summed E-state index contributed by atoms with van der Waals surface area (Å²) >= 11 is 0. The van der Waals surface area contributed by atoms with Crippen molar-refractivity contribution in [3.63, 3.8) is 0 Å². The number of hydrogen-bond donors (Lipinski definition) is 2. The Balaban J connectivity index is 1.85. The molecule has 2 aromatic rings. The van der Waals surface area contributed by atoms with Gasteiger partial charge in [0, 0.05) is 43.4 Å². The van der Waals surface area contributed by atoms with E-state index in [0.29, 0.717) is 5.69 Å². The molecule has 0 bridgehead atoms. The monoisotopic (exact) mass is 446 g/mol. The molecule has 0 atom stereocenters. The molecule has 1 aromatic heterocycles. The predicted molar refractivity (Wildman–Crippen MR) is 100 cm³/mol. The molecule has 30 heavy (non-hydrogen) atoms. The van der Waals surface area contributed by atoms with Crippen molar-refractivity contribution in [2.24, 2.45) is 0 Å². The van der Waals surface area contributed by atoms with Crippen molar-refractivity contribution in [1.82, 2.24) is 15.2 Å². The van der Waals surface area contributed by atoms with E-state index in [-0.39, 0.29) is 23.0 Å². The van der Waals surface area contributed by atoms with Gasteiger partial charge in [0.05, 0.1) is 18.7 Å². The molecule has 3 rings (SSSR count). The van der Waals surface area contributed by atoms with Gasteiger partial charge in [-0.15, -0.1) is 0 Å². The molecule has 1 aliphatic rings. The first-order valence-electron chi connectivity index (χ1n) is 8.67. The number of benzene rings is 1. The van der Waals surface area contributed by atoms with Crippen LogP contribution in [0.5, 0.6) is 5.75 Å². The number of nitrogens with zero attached hydrogens (tertiary/aromatic N) is 2. The molecular formula is C17H17F3N4O5S. The summed E-state index contributed by atoms with van der Waals surface area (Å²) in [6, 6.07) is 3.95. The van der Waals surface area contributed by atoms with Gasteiger partial charge in [-0.3, -0.25) is 14.6 Å². The van der Waals surface area contributed by atoms with Gasteiger partial charge >= 0.3 is 10.5 Å². The van der Waals surface area contributed by atoms with E-state index in [9.17, 15) is 30.7 Å². The highest BCUT2D eigenvalue weighted by Crippen LogP contribution is 2.32. The van der Waals surface area contributed by atoms with Gasteiger partial charge in [0.25, 0.3) is 11.8 Å². The Hall–Kier alpha value is -3.09. The summed E-state index contributed by atoms with van der Waals surface area (Å²) in [6.45, 7) is -1.32. The first-order valence-corrected chi connectivity index (χ1v) is 9.98. The van der Waals surface area contributed by atoms with Crippen LogP contribution in [-0.2, 0) is 15.3 Å². The molecule has 1 aromatic carbocycles. The number of rotatable bonds is 6. The highest BCUT2D eigenvalue weighted by Gasteiger charge is 2.40. The Morgan fingerprint density at radius 3 is 2.67 bits per heavy atom. The summed E-state index contributed by atoms with van der Waals surface area (Å²) in [6.07, 6.45) is 0.742. The lowest BCUT2D eigenvalue weighted by Crippen LogP contribution is -2.40. The molecule has 162 valence electrons. The number of nitrogens with one attached hydrogen (secondary N) is 2. The third kappa shape index (κ3) is 4.90. The van der Waals surface area contributed by atoms with E-state index in [4.69, 9.17) is 0 Å². The van der Waals surface area contributed by atoms with E-state index in [1.807, 2.05) is 0 Å². The number of amides is 2. The number of alkyl halides is 2. The van der Waals surface area contributed by atoms with Gasteiger partial charge < -0.3 is 19.7 Å². The molecule has 9 nitrogen and oxygen atoms in total. The average molecular weight is 446 g/mol. The molecular weight excluding hydrogens is 429 g/mol. The van der Waals surface area contributed by atoms with E-state index >= 15 is 0 Å². The third-order valence-electron chi connectivity index (χ3n) is 4.46. The molecule has 1 saturated heterocycles. The van der Waals surface area contributed by atoms with Gasteiger partial charge in [0.15, 0.2) is 5.75 Å². The van der Waals surface area contributed by atoms with Crippen LogP contribution in [-0.4, -0.2) is 62.7 Å². The van der Waals surface area contributed by atoms with E-state index in [1.54, 1.807) is 0 Å². The number of hydrogen-bond acceptors (Lipinski definition) is 7. The molecule has 0 unspecified atom stereocenters. The molecule has 1 fully saturated rings. The minimum Gasteiger partial charge on any atom is -0.388 e. The van der Waals surface area contributed by atoms with Crippen LogP contribution in [0.15, 0.2) is 24.4 Å². The second-order valence-electron chi connectivity index (χ2n) is 6.56. The number of carbonyl (C=O) groups excluding carboxylic acids is 2. The maximum absolute atomic E-state index is 13.2. The van der Waals surface area contributed by atoms with E-state index in [1.165, 1.54) is 31.4 Å². The summed E-state index contributed by atoms with van der Waals surface area (Å²) in [5.41, 5.74) is 0.199. The number of fused-ring (bicyclic) bond motifs is 1. The molecule has 0 radical (unpaired) electrons. The first kappa shape index (κ1) is 21.6. The fraction of sp³-hybridized carbons (Fsp3) is 0.353. The third-order valence-corrected chi connectivity index (χ3v) is 4.83. The lowest BCUT2D eigenvalue weighted by atomic mass is 10.1. The maximum Gasteiger partial charge on any atom is 0.488 e. The summed E-state index contributed by atoms with van der Waals surface area (Å²) in [4.78, 5) is 29.6. The Kier molecular flexibility index (Phi) is 5.74. The Bertz CT molecular complexity index is 1110. The standard InChI is InChI=1S/C17H17F3N4O5S/c1-21-10-6-12-11(2-4-22-15(12)13(7-10)29-30(20,27)28)16(26)23-8-14(25)24-5-3-17(18,19)9-24/h2,4,6-7,21H,3,5,8-9H2,1H3,(H,23,26). The second kappa shape index (κ2) is 7.97. The molecule has 0 saturated carbocycles. The van der Waals surface area contributed by atoms with Crippen LogP contribution >= 0.6 is 0 Å². The lowest BCUT2D eigenvalue weighted by molar-refractivity contribution is -0.130. The fourth-order valence-electron chi connectivity index (χ4n) is 3.05. The number of halogens is 3. The highest BCUT2D eigenvalue weighted by molar-refractivity contribution is 7.81. The second-order valence-corrected chi connectivity index (χ2v) is 7.51. The molecule has 2 heterocycles. The van der Waals surface area contributed by atoms with Gasteiger partial charge in [-0.05, 0) is 12.1 Å². The number of aromatic nitrogens is 1. The normalized spacial score (nSPS) is 15.8. The Labute approximate surface area is 169 Å². The van der Waals surface area contributed by atoms with E-state index in [0.717, 1.165) is 4.90 Å². The van der Waals surface area contributed by atoms with E-state index in [2.05, 4.69) is 19.8 Å². The van der Waals surface area contributed by atoms with Crippen LogP contribution in [0.4, 0.5) is 18.4 Å². The number of pyridine rings is 1. The van der Waals surface area contributed by atoms with Crippen LogP contribution in [0.2, 0.25) is 0 Å². The SMILES string of the molecule is CNc1cc(OS(=O)(=O)F)c2nccc(C(=O)NCC(=O)N3CCC(F)(F)C3)c2c1. The predicted octanol–water partition coefficient (Wildman–Crippen LogP) is 1.47. The molecule has 2 amide bonds. The van der Waals surface area contributed by atoms with Crippen LogP contribution in [0, 0.1) is 0 Å². The van der Waals surface area contributed by atoms with Gasteiger partial charge in [-0.2, -0.15) is 8.42 Å². The van der Waals surface area contributed by atoms with Crippen LogP contribution in [0.1, 0.15) is 16.8 Å². The topological polar surface area (TPSA) is 118 Å². The summed E-state index contributed by atoms with van der Waals surface area (Å²) in [7, 11) is -3.84. The Morgan fingerprint density at radius 1 is 1.33 bits per heavy atom. The number of anilines is 1. The molecule has 13 heteroatoms. The number of likely N-dealkylation sites (tertiary alicyclic amines) is 1. The van der Waals surface area contributed by atoms with Crippen molar-refractivity contribution in [2.45, 2.75) is 12.3 Å². The van der Waals surface area contributed by atoms with E-state index < -0.39 is 53.5 Å². The van der Waals surface area contributed by atoms with Gasteiger partial charge in [0.2, 0.25) is 5.91 Å².